The second-order valence-electron chi connectivity index (χ2n) is 2.51. The van der Waals surface area contributed by atoms with Crippen molar-refractivity contribution in [2.45, 2.75) is 6.61 Å². The summed E-state index contributed by atoms with van der Waals surface area (Å²) in [5.74, 6) is -0.413. The molecular formula is C10H8FNO. The molecule has 1 N–H and O–H groups in total. The minimum atomic E-state index is -0.413. The van der Waals surface area contributed by atoms with Crippen LogP contribution in [0.1, 0.15) is 11.1 Å². The molecule has 0 atom stereocenters. The number of benzene rings is 1. The first kappa shape index (κ1) is 9.43. The van der Waals surface area contributed by atoms with Gasteiger partial charge in [-0.1, -0.05) is 0 Å². The molecule has 0 unspecified atom stereocenters. The van der Waals surface area contributed by atoms with Gasteiger partial charge in [-0.3, -0.25) is 0 Å². The summed E-state index contributed by atoms with van der Waals surface area (Å²) < 4.78 is 12.8. The quantitative estimate of drug-likeness (QED) is 0.700. The molecule has 1 rings (SSSR count). The van der Waals surface area contributed by atoms with Crippen molar-refractivity contribution in [3.63, 3.8) is 0 Å². The summed E-state index contributed by atoms with van der Waals surface area (Å²) in [6, 6.07) is 5.98. The Morgan fingerprint density at radius 2 is 2.23 bits per heavy atom. The van der Waals surface area contributed by atoms with Crippen molar-refractivity contribution >= 4 is 6.08 Å². The van der Waals surface area contributed by atoms with Crippen molar-refractivity contribution in [1.29, 1.82) is 5.26 Å². The van der Waals surface area contributed by atoms with Crippen molar-refractivity contribution in [3.8, 4) is 6.07 Å². The normalized spacial score (nSPS) is 10.2. The Labute approximate surface area is 75.6 Å². The number of halogens is 1. The van der Waals surface area contributed by atoms with Crippen molar-refractivity contribution in [1.82, 2.24) is 0 Å². The largest absolute Gasteiger partial charge is 0.392 e. The monoisotopic (exact) mass is 177 g/mol. The number of allylic oxidation sites excluding steroid dienone is 1. The summed E-state index contributed by atoms with van der Waals surface area (Å²) in [5.41, 5.74) is 1.07. The predicted molar refractivity (Wildman–Crippen MR) is 47.0 cm³/mol. The third-order valence-corrected chi connectivity index (χ3v) is 1.51. The third kappa shape index (κ3) is 2.69. The highest BCUT2D eigenvalue weighted by Crippen LogP contribution is 2.10. The molecule has 0 saturated carbocycles. The van der Waals surface area contributed by atoms with Crippen LogP contribution >= 0.6 is 0 Å². The first-order chi connectivity index (χ1) is 6.26. The zero-order valence-corrected chi connectivity index (χ0v) is 6.87. The average Bonchev–Trinajstić information content (AvgIpc) is 2.14. The Kier molecular flexibility index (Phi) is 3.18. The van der Waals surface area contributed by atoms with Crippen molar-refractivity contribution < 1.29 is 9.50 Å². The topological polar surface area (TPSA) is 44.0 Å². The van der Waals surface area contributed by atoms with Gasteiger partial charge in [0.15, 0.2) is 0 Å². The van der Waals surface area contributed by atoms with E-state index in [0.717, 1.165) is 0 Å². The van der Waals surface area contributed by atoms with Gasteiger partial charge in [0.1, 0.15) is 5.82 Å². The molecule has 0 saturated heterocycles. The summed E-state index contributed by atoms with van der Waals surface area (Å²) in [6.07, 6.45) is 2.75. The highest BCUT2D eigenvalue weighted by atomic mass is 19.1. The Bertz CT molecular complexity index is 366. The van der Waals surface area contributed by atoms with Gasteiger partial charge in [-0.25, -0.2) is 4.39 Å². The van der Waals surface area contributed by atoms with Crippen LogP contribution in [0.4, 0.5) is 4.39 Å². The lowest BCUT2D eigenvalue weighted by Crippen LogP contribution is -1.86. The lowest BCUT2D eigenvalue weighted by molar-refractivity contribution is 0.281. The molecule has 0 aliphatic carbocycles. The molecule has 1 aromatic carbocycles. The number of aliphatic hydroxyl groups is 1. The second kappa shape index (κ2) is 4.39. The predicted octanol–water partition coefficient (Wildman–Crippen LogP) is 1.85. The molecule has 3 heteroatoms. The molecule has 0 aromatic heterocycles. The van der Waals surface area contributed by atoms with Gasteiger partial charge in [0.05, 0.1) is 12.7 Å². The molecule has 0 aliphatic rings. The molecule has 0 amide bonds. The Morgan fingerprint density at radius 3 is 2.85 bits per heavy atom. The fourth-order valence-corrected chi connectivity index (χ4v) is 0.996. The maximum absolute atomic E-state index is 12.8. The highest BCUT2D eigenvalue weighted by molar-refractivity contribution is 5.52. The maximum atomic E-state index is 12.8. The van der Waals surface area contributed by atoms with Crippen molar-refractivity contribution in [3.05, 3.63) is 41.2 Å². The smallest absolute Gasteiger partial charge is 0.124 e. The minimum Gasteiger partial charge on any atom is -0.392 e. The van der Waals surface area contributed by atoms with Crippen LogP contribution in [0.3, 0.4) is 0 Å². The summed E-state index contributed by atoms with van der Waals surface area (Å²) in [5, 5.41) is 17.0. The Balaban J connectivity index is 3.03. The second-order valence-corrected chi connectivity index (χ2v) is 2.51. The first-order valence-electron chi connectivity index (χ1n) is 3.73. The lowest BCUT2D eigenvalue weighted by atomic mass is 10.1. The van der Waals surface area contributed by atoms with Crippen LogP contribution in [0.15, 0.2) is 24.3 Å². The molecule has 0 radical (unpaired) electrons. The van der Waals surface area contributed by atoms with Crippen LogP contribution in [0.25, 0.3) is 6.08 Å². The lowest BCUT2D eigenvalue weighted by Gasteiger charge is -1.98. The Morgan fingerprint density at radius 1 is 1.46 bits per heavy atom. The van der Waals surface area contributed by atoms with Gasteiger partial charge >= 0.3 is 0 Å². The summed E-state index contributed by atoms with van der Waals surface area (Å²) >= 11 is 0. The standard InChI is InChI=1S/C10H8FNO/c11-10-5-8(2-1-3-12)4-9(6-10)7-13/h1-2,4-6,13H,7H2. The van der Waals surface area contributed by atoms with E-state index >= 15 is 0 Å². The van der Waals surface area contributed by atoms with E-state index in [4.69, 9.17) is 10.4 Å². The van der Waals surface area contributed by atoms with Gasteiger partial charge in [0.2, 0.25) is 0 Å². The highest BCUT2D eigenvalue weighted by Gasteiger charge is 1.96. The number of aliphatic hydroxyl groups excluding tert-OH is 1. The van der Waals surface area contributed by atoms with Crippen LogP contribution in [0.5, 0.6) is 0 Å². The Hall–Kier alpha value is -1.66. The van der Waals surface area contributed by atoms with E-state index in [9.17, 15) is 4.39 Å². The average molecular weight is 177 g/mol. The fraction of sp³-hybridized carbons (Fsp3) is 0.100. The molecule has 0 spiro atoms. The van der Waals surface area contributed by atoms with Crippen molar-refractivity contribution in [2.24, 2.45) is 0 Å². The third-order valence-electron chi connectivity index (χ3n) is 1.51. The molecule has 2 nitrogen and oxygen atoms in total. The molecule has 0 bridgehead atoms. The van der Waals surface area contributed by atoms with Crippen LogP contribution < -0.4 is 0 Å². The summed E-state index contributed by atoms with van der Waals surface area (Å²) in [7, 11) is 0. The molecular weight excluding hydrogens is 169 g/mol. The zero-order chi connectivity index (χ0) is 9.68. The van der Waals surface area contributed by atoms with E-state index in [0.29, 0.717) is 11.1 Å². The van der Waals surface area contributed by atoms with E-state index < -0.39 is 5.82 Å². The zero-order valence-electron chi connectivity index (χ0n) is 6.87. The summed E-state index contributed by atoms with van der Waals surface area (Å²) in [6.45, 7) is -0.203. The van der Waals surface area contributed by atoms with Gasteiger partial charge in [0, 0.05) is 6.08 Å². The van der Waals surface area contributed by atoms with Crippen LogP contribution in [-0.4, -0.2) is 5.11 Å². The van der Waals surface area contributed by atoms with E-state index in [1.54, 1.807) is 6.07 Å². The first-order valence-corrected chi connectivity index (χ1v) is 3.73. The van der Waals surface area contributed by atoms with E-state index in [1.807, 2.05) is 6.07 Å². The fourth-order valence-electron chi connectivity index (χ4n) is 0.996. The number of nitrogens with zero attached hydrogens (tertiary/aromatic N) is 1. The number of hydrogen-bond donors (Lipinski definition) is 1. The van der Waals surface area contributed by atoms with Crippen molar-refractivity contribution in [2.75, 3.05) is 0 Å². The van der Waals surface area contributed by atoms with Gasteiger partial charge < -0.3 is 5.11 Å². The van der Waals surface area contributed by atoms with E-state index in [-0.39, 0.29) is 6.61 Å². The van der Waals surface area contributed by atoms with Crippen LogP contribution in [-0.2, 0) is 6.61 Å². The number of hydrogen-bond acceptors (Lipinski definition) is 2. The van der Waals surface area contributed by atoms with Gasteiger partial charge in [0.25, 0.3) is 0 Å². The summed E-state index contributed by atoms with van der Waals surface area (Å²) in [4.78, 5) is 0. The van der Waals surface area contributed by atoms with Gasteiger partial charge in [-0.2, -0.15) is 5.26 Å². The number of nitriles is 1. The molecule has 0 aliphatic heterocycles. The van der Waals surface area contributed by atoms with Crippen LogP contribution in [0.2, 0.25) is 0 Å². The van der Waals surface area contributed by atoms with Gasteiger partial charge in [-0.15, -0.1) is 0 Å². The van der Waals surface area contributed by atoms with Gasteiger partial charge in [-0.05, 0) is 35.4 Å². The van der Waals surface area contributed by atoms with E-state index in [2.05, 4.69) is 0 Å². The van der Waals surface area contributed by atoms with E-state index in [1.165, 1.54) is 24.3 Å². The SMILES string of the molecule is N#CC=Cc1cc(F)cc(CO)c1. The molecule has 1 aromatic rings. The molecule has 66 valence electrons. The number of rotatable bonds is 2. The molecule has 13 heavy (non-hydrogen) atoms. The van der Waals surface area contributed by atoms with Crippen LogP contribution in [0, 0.1) is 17.1 Å². The molecule has 0 heterocycles. The molecule has 0 fully saturated rings. The minimum absolute atomic E-state index is 0.203. The maximum Gasteiger partial charge on any atom is 0.124 e.